The fourth-order valence-corrected chi connectivity index (χ4v) is 2.47. The van der Waals surface area contributed by atoms with Crippen molar-refractivity contribution in [3.05, 3.63) is 53.1 Å². The maximum absolute atomic E-state index is 12.5. The van der Waals surface area contributed by atoms with E-state index < -0.39 is 0 Å². The van der Waals surface area contributed by atoms with Crippen molar-refractivity contribution >= 4 is 5.78 Å². The molecule has 4 nitrogen and oxygen atoms in total. The maximum Gasteiger partial charge on any atom is 0.196 e. The van der Waals surface area contributed by atoms with Crippen LogP contribution < -0.4 is 9.47 Å². The SMILES string of the molecule is COc1ccc(C(=O)c2cc3c(cc2O)OCCC3)cc1. The van der Waals surface area contributed by atoms with Crippen LogP contribution >= 0.6 is 0 Å². The average Bonchev–Trinajstić information content (AvgIpc) is 2.53. The molecule has 0 atom stereocenters. The molecule has 1 aliphatic rings. The van der Waals surface area contributed by atoms with Gasteiger partial charge in [-0.05, 0) is 48.7 Å². The smallest absolute Gasteiger partial charge is 0.196 e. The molecule has 0 unspecified atom stereocenters. The van der Waals surface area contributed by atoms with Gasteiger partial charge >= 0.3 is 0 Å². The average molecular weight is 284 g/mol. The summed E-state index contributed by atoms with van der Waals surface area (Å²) in [7, 11) is 1.58. The number of aryl methyl sites for hydroxylation is 1. The summed E-state index contributed by atoms with van der Waals surface area (Å²) in [5, 5.41) is 10.1. The molecule has 4 heteroatoms. The molecule has 0 saturated heterocycles. The Labute approximate surface area is 122 Å². The number of rotatable bonds is 3. The van der Waals surface area contributed by atoms with Crippen LogP contribution in [0.25, 0.3) is 0 Å². The Hall–Kier alpha value is -2.49. The van der Waals surface area contributed by atoms with Crippen molar-refractivity contribution in [2.45, 2.75) is 12.8 Å². The van der Waals surface area contributed by atoms with Gasteiger partial charge in [0.1, 0.15) is 17.2 Å². The van der Waals surface area contributed by atoms with Crippen molar-refractivity contribution in [1.82, 2.24) is 0 Å². The first kappa shape index (κ1) is 13.5. The summed E-state index contributed by atoms with van der Waals surface area (Å²) in [5.74, 6) is 1.11. The summed E-state index contributed by atoms with van der Waals surface area (Å²) in [4.78, 5) is 12.5. The highest BCUT2D eigenvalue weighted by atomic mass is 16.5. The minimum atomic E-state index is -0.205. The van der Waals surface area contributed by atoms with Crippen molar-refractivity contribution in [3.8, 4) is 17.2 Å². The predicted molar refractivity (Wildman–Crippen MR) is 78.3 cm³/mol. The highest BCUT2D eigenvalue weighted by Crippen LogP contribution is 2.33. The molecule has 1 N–H and O–H groups in total. The van der Waals surface area contributed by atoms with Crippen LogP contribution in [0.2, 0.25) is 0 Å². The first-order chi connectivity index (χ1) is 10.2. The number of carbonyl (C=O) groups is 1. The highest BCUT2D eigenvalue weighted by molar-refractivity contribution is 6.11. The Morgan fingerprint density at radius 1 is 1.24 bits per heavy atom. The van der Waals surface area contributed by atoms with Gasteiger partial charge in [-0.15, -0.1) is 0 Å². The number of methoxy groups -OCH3 is 1. The van der Waals surface area contributed by atoms with Crippen molar-refractivity contribution in [1.29, 1.82) is 0 Å². The lowest BCUT2D eigenvalue weighted by atomic mass is 9.97. The molecule has 3 rings (SSSR count). The van der Waals surface area contributed by atoms with E-state index >= 15 is 0 Å². The third-order valence-corrected chi connectivity index (χ3v) is 3.62. The van der Waals surface area contributed by atoms with E-state index in [1.807, 2.05) is 0 Å². The zero-order valence-corrected chi connectivity index (χ0v) is 11.8. The van der Waals surface area contributed by atoms with Gasteiger partial charge in [-0.2, -0.15) is 0 Å². The Morgan fingerprint density at radius 3 is 2.71 bits per heavy atom. The molecule has 1 aliphatic heterocycles. The third kappa shape index (κ3) is 2.57. The standard InChI is InChI=1S/C17H16O4/c1-20-13-6-4-11(5-7-13)17(19)14-9-12-3-2-8-21-16(12)10-15(14)18/h4-7,9-10,18H,2-3,8H2,1H3. The molecule has 0 amide bonds. The summed E-state index contributed by atoms with van der Waals surface area (Å²) in [6.45, 7) is 0.651. The lowest BCUT2D eigenvalue weighted by Gasteiger charge is -2.18. The monoisotopic (exact) mass is 284 g/mol. The van der Waals surface area contributed by atoms with Gasteiger partial charge < -0.3 is 14.6 Å². The number of hydrogen-bond acceptors (Lipinski definition) is 4. The van der Waals surface area contributed by atoms with Crippen LogP contribution in [0.5, 0.6) is 17.2 Å². The van der Waals surface area contributed by atoms with Crippen LogP contribution in [0.4, 0.5) is 0 Å². The number of aromatic hydroxyl groups is 1. The van der Waals surface area contributed by atoms with Crippen LogP contribution in [-0.4, -0.2) is 24.6 Å². The molecular formula is C17H16O4. The summed E-state index contributed by atoms with van der Waals surface area (Å²) in [5.41, 5.74) is 1.79. The van der Waals surface area contributed by atoms with E-state index in [1.54, 1.807) is 37.4 Å². The summed E-state index contributed by atoms with van der Waals surface area (Å²) >= 11 is 0. The molecule has 0 aliphatic carbocycles. The Kier molecular flexibility index (Phi) is 3.52. The van der Waals surface area contributed by atoms with Crippen molar-refractivity contribution < 1.29 is 19.4 Å². The molecule has 0 saturated carbocycles. The second-order valence-corrected chi connectivity index (χ2v) is 4.99. The Morgan fingerprint density at radius 2 is 2.00 bits per heavy atom. The lowest BCUT2D eigenvalue weighted by molar-refractivity contribution is 0.103. The van der Waals surface area contributed by atoms with Crippen LogP contribution in [0.3, 0.4) is 0 Å². The van der Waals surface area contributed by atoms with Crippen molar-refractivity contribution in [2.24, 2.45) is 0 Å². The van der Waals surface area contributed by atoms with Crippen LogP contribution in [-0.2, 0) is 6.42 Å². The second kappa shape index (κ2) is 5.48. The van der Waals surface area contributed by atoms with Gasteiger partial charge in [0, 0.05) is 11.6 Å². The Balaban J connectivity index is 1.96. The van der Waals surface area contributed by atoms with Gasteiger partial charge in [0.15, 0.2) is 5.78 Å². The minimum Gasteiger partial charge on any atom is -0.507 e. The van der Waals surface area contributed by atoms with E-state index in [0.29, 0.717) is 29.2 Å². The summed E-state index contributed by atoms with van der Waals surface area (Å²) in [6, 6.07) is 10.1. The van der Waals surface area contributed by atoms with Crippen molar-refractivity contribution in [3.63, 3.8) is 0 Å². The number of fused-ring (bicyclic) bond motifs is 1. The first-order valence-corrected chi connectivity index (χ1v) is 6.86. The van der Waals surface area contributed by atoms with E-state index in [2.05, 4.69) is 0 Å². The predicted octanol–water partition coefficient (Wildman–Crippen LogP) is 2.96. The molecule has 108 valence electrons. The molecule has 1 heterocycles. The zero-order chi connectivity index (χ0) is 14.8. The van der Waals surface area contributed by atoms with Gasteiger partial charge in [-0.3, -0.25) is 4.79 Å². The van der Waals surface area contributed by atoms with Crippen LogP contribution in [0.15, 0.2) is 36.4 Å². The van der Waals surface area contributed by atoms with Gasteiger partial charge in [0.05, 0.1) is 19.3 Å². The quantitative estimate of drug-likeness (QED) is 0.880. The van der Waals surface area contributed by atoms with E-state index in [0.717, 1.165) is 18.4 Å². The topological polar surface area (TPSA) is 55.8 Å². The first-order valence-electron chi connectivity index (χ1n) is 6.86. The van der Waals surface area contributed by atoms with E-state index in [4.69, 9.17) is 9.47 Å². The second-order valence-electron chi connectivity index (χ2n) is 4.99. The largest absolute Gasteiger partial charge is 0.507 e. The van der Waals surface area contributed by atoms with Gasteiger partial charge in [-0.1, -0.05) is 0 Å². The summed E-state index contributed by atoms with van der Waals surface area (Å²) in [6.07, 6.45) is 1.78. The Bertz CT molecular complexity index is 674. The minimum absolute atomic E-state index is 0.0449. The molecule has 0 fully saturated rings. The van der Waals surface area contributed by atoms with E-state index in [9.17, 15) is 9.90 Å². The molecule has 2 aromatic carbocycles. The number of ketones is 1. The number of phenols is 1. The number of carbonyl (C=O) groups excluding carboxylic acids is 1. The van der Waals surface area contributed by atoms with Crippen molar-refractivity contribution in [2.75, 3.05) is 13.7 Å². The lowest BCUT2D eigenvalue weighted by Crippen LogP contribution is -2.10. The molecule has 0 radical (unpaired) electrons. The third-order valence-electron chi connectivity index (χ3n) is 3.62. The number of benzene rings is 2. The van der Waals surface area contributed by atoms with Gasteiger partial charge in [0.25, 0.3) is 0 Å². The molecule has 2 aromatic rings. The molecule has 0 bridgehead atoms. The summed E-state index contributed by atoms with van der Waals surface area (Å²) < 4.78 is 10.6. The number of phenolic OH excluding ortho intramolecular Hbond substituents is 1. The number of hydrogen-bond donors (Lipinski definition) is 1. The van der Waals surface area contributed by atoms with E-state index in [1.165, 1.54) is 6.07 Å². The molecule has 0 aromatic heterocycles. The molecular weight excluding hydrogens is 268 g/mol. The maximum atomic E-state index is 12.5. The van der Waals surface area contributed by atoms with Gasteiger partial charge in [0.2, 0.25) is 0 Å². The van der Waals surface area contributed by atoms with E-state index in [-0.39, 0.29) is 11.5 Å². The van der Waals surface area contributed by atoms with Crippen LogP contribution in [0, 0.1) is 0 Å². The molecule has 0 spiro atoms. The van der Waals surface area contributed by atoms with Gasteiger partial charge in [-0.25, -0.2) is 0 Å². The molecule has 21 heavy (non-hydrogen) atoms. The number of ether oxygens (including phenoxy) is 2. The highest BCUT2D eigenvalue weighted by Gasteiger charge is 2.19. The normalized spacial score (nSPS) is 13.2. The zero-order valence-electron chi connectivity index (χ0n) is 11.8. The fourth-order valence-electron chi connectivity index (χ4n) is 2.47. The van der Waals surface area contributed by atoms with Crippen LogP contribution in [0.1, 0.15) is 27.9 Å². The fraction of sp³-hybridized carbons (Fsp3) is 0.235.